The highest BCUT2D eigenvalue weighted by molar-refractivity contribution is 5.96. The molecule has 2 atom stereocenters. The number of nitrogens with one attached hydrogen (secondary N) is 2. The highest BCUT2D eigenvalue weighted by Crippen LogP contribution is 2.28. The van der Waals surface area contributed by atoms with Crippen molar-refractivity contribution in [3.8, 4) is 11.1 Å². The fraction of sp³-hybridized carbons (Fsp3) is 0.226. The van der Waals surface area contributed by atoms with Crippen LogP contribution in [0.5, 0.6) is 0 Å². The number of anilines is 1. The lowest BCUT2D eigenvalue weighted by atomic mass is 9.95. The fourth-order valence-electron chi connectivity index (χ4n) is 4.32. The number of carbonyl (C=O) groups is 4. The van der Waals surface area contributed by atoms with Crippen LogP contribution in [0.4, 0.5) is 23.4 Å². The topological polar surface area (TPSA) is 136 Å². The average Bonchev–Trinajstić information content (AvgIpc) is 3.48. The summed E-state index contributed by atoms with van der Waals surface area (Å²) in [6, 6.07) is 15.7. The van der Waals surface area contributed by atoms with Crippen LogP contribution in [0, 0.1) is 5.82 Å². The number of nitrogens with zero attached hydrogens (tertiary/aromatic N) is 2. The van der Waals surface area contributed by atoms with Crippen LogP contribution in [0.2, 0.25) is 0 Å². The summed E-state index contributed by atoms with van der Waals surface area (Å²) >= 11 is 0. The second kappa shape index (κ2) is 14.4. The Balaban J connectivity index is 1.46. The van der Waals surface area contributed by atoms with E-state index in [1.165, 1.54) is 48.7 Å². The molecule has 14 heteroatoms. The van der Waals surface area contributed by atoms with Gasteiger partial charge in [0.05, 0.1) is 25.4 Å². The Morgan fingerprint density at radius 1 is 0.956 bits per heavy atom. The first-order valence-corrected chi connectivity index (χ1v) is 13.5. The smallest absolute Gasteiger partial charge is 0.462 e. The number of esters is 3. The first kappa shape index (κ1) is 32.5. The number of halogens is 4. The van der Waals surface area contributed by atoms with E-state index >= 15 is 0 Å². The van der Waals surface area contributed by atoms with E-state index < -0.39 is 60.2 Å². The van der Waals surface area contributed by atoms with E-state index in [2.05, 4.69) is 25.3 Å². The van der Waals surface area contributed by atoms with Gasteiger partial charge in [0.15, 0.2) is 5.54 Å². The molecule has 0 spiro atoms. The van der Waals surface area contributed by atoms with Crippen LogP contribution in [0.25, 0.3) is 11.1 Å². The number of alkyl halides is 3. The number of allylic oxidation sites excluding steroid dienone is 1. The Labute approximate surface area is 254 Å². The van der Waals surface area contributed by atoms with Crippen molar-refractivity contribution in [1.82, 2.24) is 10.3 Å². The van der Waals surface area contributed by atoms with Crippen molar-refractivity contribution in [2.75, 3.05) is 18.5 Å². The molecule has 0 radical (unpaired) electrons. The minimum absolute atomic E-state index is 0.0818. The molecule has 1 aromatic heterocycles. The predicted molar refractivity (Wildman–Crippen MR) is 153 cm³/mol. The van der Waals surface area contributed by atoms with Crippen molar-refractivity contribution in [3.63, 3.8) is 0 Å². The second-order valence-electron chi connectivity index (χ2n) is 9.73. The van der Waals surface area contributed by atoms with Crippen LogP contribution in [0.1, 0.15) is 24.4 Å². The van der Waals surface area contributed by atoms with E-state index in [-0.39, 0.29) is 18.7 Å². The van der Waals surface area contributed by atoms with Crippen LogP contribution < -0.4 is 10.6 Å². The monoisotopic (exact) mass is 626 g/mol. The molecule has 2 N–H and O–H groups in total. The third-order valence-electron chi connectivity index (χ3n) is 6.47. The predicted octanol–water partition coefficient (Wildman–Crippen LogP) is 4.49. The number of aromatic nitrogens is 1. The Kier molecular flexibility index (Phi) is 10.4. The zero-order valence-electron chi connectivity index (χ0n) is 23.4. The van der Waals surface area contributed by atoms with Crippen molar-refractivity contribution in [3.05, 3.63) is 96.5 Å². The Morgan fingerprint density at radius 2 is 1.73 bits per heavy atom. The summed E-state index contributed by atoms with van der Waals surface area (Å²) in [7, 11) is 0. The van der Waals surface area contributed by atoms with Crippen molar-refractivity contribution in [2.45, 2.75) is 30.6 Å². The number of ether oxygens (including phenoxy) is 2. The standard InChI is InChI=1S/C31H26F4N4O6/c32-23-6-3-5-22(17-23)20-8-10-21(11-9-20)24(18-27(41)45-29(43)31(33,34)35)39-26(40)19-30(12-4-14-38-30)28(42)44-16-15-37-25-7-1-2-13-36-25/h1-14,17,24H,15-16,18-19H2,(H,36,37)(H,39,40). The van der Waals surface area contributed by atoms with Gasteiger partial charge in [0.25, 0.3) is 0 Å². The van der Waals surface area contributed by atoms with Crippen LogP contribution >= 0.6 is 0 Å². The number of hydrogen-bond acceptors (Lipinski definition) is 9. The zero-order chi connectivity index (χ0) is 32.5. The number of carbonyl (C=O) groups excluding carboxylic acids is 4. The molecule has 1 amide bonds. The molecule has 234 valence electrons. The minimum atomic E-state index is -5.41. The van der Waals surface area contributed by atoms with Crippen LogP contribution in [-0.4, -0.2) is 59.9 Å². The van der Waals surface area contributed by atoms with Gasteiger partial charge in [-0.1, -0.05) is 42.5 Å². The number of rotatable bonds is 12. The van der Waals surface area contributed by atoms with E-state index in [0.717, 1.165) is 0 Å². The molecule has 0 bridgehead atoms. The highest BCUT2D eigenvalue weighted by Gasteiger charge is 2.43. The van der Waals surface area contributed by atoms with Crippen molar-refractivity contribution >= 4 is 35.8 Å². The molecule has 1 aliphatic rings. The van der Waals surface area contributed by atoms with Crippen LogP contribution in [-0.2, 0) is 28.7 Å². The Bertz CT molecular complexity index is 1580. The van der Waals surface area contributed by atoms with Gasteiger partial charge in [0.1, 0.15) is 18.2 Å². The molecule has 0 saturated carbocycles. The maximum atomic E-state index is 13.7. The molecule has 3 aromatic rings. The summed E-state index contributed by atoms with van der Waals surface area (Å²) < 4.78 is 60.9. The summed E-state index contributed by atoms with van der Waals surface area (Å²) in [5.74, 6) is -5.81. The lowest BCUT2D eigenvalue weighted by Gasteiger charge is -2.24. The highest BCUT2D eigenvalue weighted by atomic mass is 19.4. The SMILES string of the molecule is O=C(CC1(C(=O)OCCNc2ccccn2)C=CC=N1)NC(CC(=O)OC(=O)C(F)(F)F)c1ccc(-c2cccc(F)c2)cc1. The number of pyridine rings is 1. The van der Waals surface area contributed by atoms with Crippen LogP contribution in [0.3, 0.4) is 0 Å². The number of benzene rings is 2. The van der Waals surface area contributed by atoms with Crippen molar-refractivity contribution < 1.29 is 46.2 Å². The molecule has 0 aliphatic carbocycles. The van der Waals surface area contributed by atoms with Crippen LogP contribution in [0.15, 0.2) is 90.1 Å². The molecule has 2 heterocycles. The average molecular weight is 627 g/mol. The van der Waals surface area contributed by atoms with E-state index in [1.807, 2.05) is 0 Å². The molecule has 1 aliphatic heterocycles. The molecular weight excluding hydrogens is 600 g/mol. The fourth-order valence-corrected chi connectivity index (χ4v) is 4.32. The van der Waals surface area contributed by atoms with Gasteiger partial charge in [-0.15, -0.1) is 0 Å². The molecule has 45 heavy (non-hydrogen) atoms. The molecule has 2 aromatic carbocycles. The quantitative estimate of drug-likeness (QED) is 0.130. The van der Waals surface area contributed by atoms with E-state index in [1.54, 1.807) is 42.6 Å². The first-order chi connectivity index (χ1) is 21.4. The zero-order valence-corrected chi connectivity index (χ0v) is 23.4. The molecular formula is C31H26F4N4O6. The van der Waals surface area contributed by atoms with E-state index in [9.17, 15) is 36.7 Å². The van der Waals surface area contributed by atoms with Gasteiger partial charge in [-0.25, -0.2) is 19.0 Å². The van der Waals surface area contributed by atoms with Gasteiger partial charge in [-0.2, -0.15) is 13.2 Å². The lowest BCUT2D eigenvalue weighted by Crippen LogP contribution is -2.42. The maximum Gasteiger partial charge on any atom is 0.491 e. The molecule has 0 fully saturated rings. The van der Waals surface area contributed by atoms with Gasteiger partial charge >= 0.3 is 24.1 Å². The molecule has 4 rings (SSSR count). The minimum Gasteiger partial charge on any atom is -0.462 e. The molecule has 2 unspecified atom stereocenters. The van der Waals surface area contributed by atoms with E-state index in [4.69, 9.17) is 4.74 Å². The largest absolute Gasteiger partial charge is 0.491 e. The van der Waals surface area contributed by atoms with Gasteiger partial charge in [-0.3, -0.25) is 14.6 Å². The summed E-state index contributed by atoms with van der Waals surface area (Å²) in [4.78, 5) is 57.9. The summed E-state index contributed by atoms with van der Waals surface area (Å²) in [6.07, 6.45) is -1.13. The Hall–Kier alpha value is -5.40. The number of amides is 1. The van der Waals surface area contributed by atoms with Gasteiger partial charge in [0, 0.05) is 12.4 Å². The van der Waals surface area contributed by atoms with Gasteiger partial charge in [-0.05, 0) is 53.1 Å². The molecule has 0 saturated heterocycles. The third kappa shape index (κ3) is 9.05. The summed E-state index contributed by atoms with van der Waals surface area (Å²) in [6.45, 7) is 0.131. The number of aliphatic imine (C=N–C) groups is 1. The second-order valence-corrected chi connectivity index (χ2v) is 9.73. The normalized spacial score (nSPS) is 16.1. The maximum absolute atomic E-state index is 13.7. The first-order valence-electron chi connectivity index (χ1n) is 13.5. The van der Waals surface area contributed by atoms with Crippen molar-refractivity contribution in [1.29, 1.82) is 0 Å². The van der Waals surface area contributed by atoms with E-state index in [0.29, 0.717) is 16.9 Å². The molecule has 10 nitrogen and oxygen atoms in total. The summed E-state index contributed by atoms with van der Waals surface area (Å²) in [5, 5.41) is 5.48. The van der Waals surface area contributed by atoms with Crippen molar-refractivity contribution in [2.24, 2.45) is 4.99 Å². The lowest BCUT2D eigenvalue weighted by molar-refractivity contribution is -0.202. The summed E-state index contributed by atoms with van der Waals surface area (Å²) in [5.41, 5.74) is -0.377. The Morgan fingerprint density at radius 3 is 2.38 bits per heavy atom. The number of hydrogen-bond donors (Lipinski definition) is 2. The third-order valence-corrected chi connectivity index (χ3v) is 6.47. The van der Waals surface area contributed by atoms with Gasteiger partial charge < -0.3 is 20.1 Å². The van der Waals surface area contributed by atoms with Gasteiger partial charge in [0.2, 0.25) is 5.91 Å².